The zero-order valence-electron chi connectivity index (χ0n) is 14.7. The van der Waals surface area contributed by atoms with Gasteiger partial charge in [0.1, 0.15) is 23.1 Å². The van der Waals surface area contributed by atoms with Crippen LogP contribution in [0.3, 0.4) is 0 Å². The lowest BCUT2D eigenvalue weighted by atomic mass is 10.2. The van der Waals surface area contributed by atoms with E-state index in [9.17, 15) is 14.7 Å². The van der Waals surface area contributed by atoms with Crippen LogP contribution < -0.4 is 14.8 Å². The molecular weight excluding hydrogens is 338 g/mol. The number of carbonyl (C=O) groups is 2. The quantitative estimate of drug-likeness (QED) is 0.682. The molecule has 26 heavy (non-hydrogen) atoms. The fraction of sp³-hybridized carbons (Fsp3) is 0.389. The van der Waals surface area contributed by atoms with Crippen molar-refractivity contribution in [1.82, 2.24) is 10.2 Å². The number of phenols is 1. The van der Waals surface area contributed by atoms with E-state index in [0.717, 1.165) is 0 Å². The molecule has 1 aliphatic rings. The lowest BCUT2D eigenvalue weighted by molar-refractivity contribution is -0.118. The van der Waals surface area contributed by atoms with E-state index >= 15 is 0 Å². The van der Waals surface area contributed by atoms with Crippen LogP contribution in [0.5, 0.6) is 17.2 Å². The van der Waals surface area contributed by atoms with Gasteiger partial charge in [-0.15, -0.1) is 0 Å². The molecule has 3 N–H and O–H groups in total. The summed E-state index contributed by atoms with van der Waals surface area (Å²) in [5, 5.41) is 18.4. The molecule has 8 heteroatoms. The van der Waals surface area contributed by atoms with Crippen molar-refractivity contribution in [1.29, 1.82) is 0 Å². The Morgan fingerprint density at radius 2 is 2.00 bits per heavy atom. The number of H-pyrrole nitrogens is 1. The number of rotatable bonds is 6. The number of nitrogens with zero attached hydrogens (tertiary/aromatic N) is 1. The number of amides is 1. The Morgan fingerprint density at radius 3 is 2.54 bits per heavy atom. The molecule has 0 unspecified atom stereocenters. The average molecular weight is 361 g/mol. The highest BCUT2D eigenvalue weighted by Crippen LogP contribution is 2.31. The number of aromatic nitrogens is 2. The van der Waals surface area contributed by atoms with Crippen molar-refractivity contribution in [2.24, 2.45) is 0 Å². The summed E-state index contributed by atoms with van der Waals surface area (Å²) >= 11 is 0. The van der Waals surface area contributed by atoms with Crippen LogP contribution in [0.2, 0.25) is 0 Å². The molecule has 0 aliphatic heterocycles. The molecule has 1 fully saturated rings. The van der Waals surface area contributed by atoms with Gasteiger partial charge in [0.05, 0.1) is 18.9 Å². The van der Waals surface area contributed by atoms with E-state index in [0.29, 0.717) is 17.9 Å². The standard InChI is InChI=1S/C13H13N3O5.C5H10/c1-20-8-4-10(18)9(6-17)11(5-8)21-7-13(19)15-12-2-3-14-16-12;1-2-4-5-3-1/h2-6,18H,7H2,1H3,(H2,14,15,16,19);1-5H2. The van der Waals surface area contributed by atoms with Crippen molar-refractivity contribution < 1.29 is 24.2 Å². The van der Waals surface area contributed by atoms with E-state index in [1.54, 1.807) is 6.07 Å². The first-order valence-corrected chi connectivity index (χ1v) is 8.42. The van der Waals surface area contributed by atoms with Gasteiger partial charge in [-0.1, -0.05) is 32.1 Å². The van der Waals surface area contributed by atoms with Crippen LogP contribution in [0.1, 0.15) is 42.5 Å². The van der Waals surface area contributed by atoms with E-state index in [1.165, 1.54) is 57.5 Å². The Labute approximate surface area is 151 Å². The zero-order valence-corrected chi connectivity index (χ0v) is 14.7. The molecule has 0 bridgehead atoms. The third kappa shape index (κ3) is 5.80. The predicted molar refractivity (Wildman–Crippen MR) is 95.8 cm³/mol. The molecule has 1 aliphatic carbocycles. The summed E-state index contributed by atoms with van der Waals surface area (Å²) in [5.74, 6) is 0.0584. The van der Waals surface area contributed by atoms with Crippen molar-refractivity contribution in [3.63, 3.8) is 0 Å². The number of hydrogen-bond donors (Lipinski definition) is 3. The molecule has 1 saturated carbocycles. The molecule has 1 aromatic heterocycles. The lowest BCUT2D eigenvalue weighted by Gasteiger charge is -2.11. The van der Waals surface area contributed by atoms with Crippen molar-refractivity contribution >= 4 is 18.0 Å². The summed E-state index contributed by atoms with van der Waals surface area (Å²) in [7, 11) is 1.41. The number of phenolic OH excluding ortho intramolecular Hbond substituents is 1. The topological polar surface area (TPSA) is 114 Å². The maximum Gasteiger partial charge on any atom is 0.263 e. The van der Waals surface area contributed by atoms with Crippen LogP contribution >= 0.6 is 0 Å². The maximum absolute atomic E-state index is 11.7. The summed E-state index contributed by atoms with van der Waals surface area (Å²) in [6.45, 7) is -0.341. The number of nitrogens with one attached hydrogen (secondary N) is 2. The number of aldehydes is 1. The SMILES string of the molecule is C1CCCC1.COc1cc(O)c(C=O)c(OCC(=O)Nc2ccn[nH]2)c1. The molecule has 140 valence electrons. The molecule has 1 amide bonds. The number of methoxy groups -OCH3 is 1. The molecule has 3 rings (SSSR count). The number of aromatic amines is 1. The van der Waals surface area contributed by atoms with E-state index in [2.05, 4.69) is 15.5 Å². The maximum atomic E-state index is 11.7. The Hall–Kier alpha value is -3.03. The Balaban J connectivity index is 0.000000417. The first kappa shape index (κ1) is 19.3. The van der Waals surface area contributed by atoms with Crippen molar-refractivity contribution in [2.45, 2.75) is 32.1 Å². The number of aromatic hydroxyl groups is 1. The van der Waals surface area contributed by atoms with Crippen LogP contribution in [0.15, 0.2) is 24.4 Å². The monoisotopic (exact) mass is 361 g/mol. The van der Waals surface area contributed by atoms with Crippen LogP contribution in [0.25, 0.3) is 0 Å². The van der Waals surface area contributed by atoms with Gasteiger partial charge in [-0.3, -0.25) is 14.7 Å². The van der Waals surface area contributed by atoms with Crippen LogP contribution in [-0.4, -0.2) is 41.2 Å². The van der Waals surface area contributed by atoms with Crippen molar-refractivity contribution in [3.05, 3.63) is 30.0 Å². The molecule has 0 radical (unpaired) electrons. The first-order chi connectivity index (χ1) is 12.6. The summed E-state index contributed by atoms with van der Waals surface area (Å²) in [6.07, 6.45) is 9.43. The lowest BCUT2D eigenvalue weighted by Crippen LogP contribution is -2.20. The number of carbonyl (C=O) groups excluding carboxylic acids is 2. The van der Waals surface area contributed by atoms with E-state index in [4.69, 9.17) is 9.47 Å². The average Bonchev–Trinajstić information content (AvgIpc) is 3.36. The second kappa shape index (κ2) is 10.1. The van der Waals surface area contributed by atoms with Gasteiger partial charge >= 0.3 is 0 Å². The Kier molecular flexibility index (Phi) is 7.48. The van der Waals surface area contributed by atoms with E-state index in [1.807, 2.05) is 0 Å². The van der Waals surface area contributed by atoms with Crippen LogP contribution in [0, 0.1) is 0 Å². The van der Waals surface area contributed by atoms with Gasteiger partial charge in [0, 0.05) is 18.2 Å². The minimum absolute atomic E-state index is 0.0508. The molecule has 8 nitrogen and oxygen atoms in total. The summed E-state index contributed by atoms with van der Waals surface area (Å²) in [6, 6.07) is 4.26. The van der Waals surface area contributed by atoms with Gasteiger partial charge in [-0.2, -0.15) is 5.10 Å². The Morgan fingerprint density at radius 1 is 1.31 bits per heavy atom. The number of hydrogen-bond acceptors (Lipinski definition) is 6. The smallest absolute Gasteiger partial charge is 0.263 e. The minimum atomic E-state index is -0.446. The highest BCUT2D eigenvalue weighted by Gasteiger charge is 2.13. The molecule has 2 aromatic rings. The minimum Gasteiger partial charge on any atom is -0.507 e. The second-order valence-electron chi connectivity index (χ2n) is 5.75. The fourth-order valence-electron chi connectivity index (χ4n) is 2.48. The van der Waals surface area contributed by atoms with Crippen molar-refractivity contribution in [2.75, 3.05) is 19.0 Å². The van der Waals surface area contributed by atoms with Gasteiger partial charge in [0.25, 0.3) is 5.91 Å². The summed E-state index contributed by atoms with van der Waals surface area (Å²) < 4.78 is 10.2. The summed E-state index contributed by atoms with van der Waals surface area (Å²) in [5.41, 5.74) is -0.0508. The van der Waals surface area contributed by atoms with Gasteiger partial charge in [-0.05, 0) is 0 Å². The molecule has 0 atom stereocenters. The molecule has 0 saturated heterocycles. The summed E-state index contributed by atoms with van der Waals surface area (Å²) in [4.78, 5) is 22.6. The van der Waals surface area contributed by atoms with Gasteiger partial charge in [0.2, 0.25) is 0 Å². The van der Waals surface area contributed by atoms with E-state index in [-0.39, 0.29) is 23.7 Å². The van der Waals surface area contributed by atoms with Crippen molar-refractivity contribution in [3.8, 4) is 17.2 Å². The predicted octanol–water partition coefficient (Wildman–Crippen LogP) is 2.90. The number of ether oxygens (including phenoxy) is 2. The number of anilines is 1. The van der Waals surface area contributed by atoms with Crippen LogP contribution in [-0.2, 0) is 4.79 Å². The van der Waals surface area contributed by atoms with Gasteiger partial charge < -0.3 is 19.9 Å². The van der Waals surface area contributed by atoms with Gasteiger partial charge in [-0.25, -0.2) is 0 Å². The first-order valence-electron chi connectivity index (χ1n) is 8.42. The van der Waals surface area contributed by atoms with Crippen LogP contribution in [0.4, 0.5) is 5.82 Å². The molecule has 1 aromatic carbocycles. The highest BCUT2D eigenvalue weighted by atomic mass is 16.5. The molecule has 1 heterocycles. The normalized spacial score (nSPS) is 12.7. The molecular formula is C18H23N3O5. The third-order valence-corrected chi connectivity index (χ3v) is 3.83. The van der Waals surface area contributed by atoms with E-state index < -0.39 is 5.91 Å². The highest BCUT2D eigenvalue weighted by molar-refractivity contribution is 5.91. The fourth-order valence-corrected chi connectivity index (χ4v) is 2.48. The third-order valence-electron chi connectivity index (χ3n) is 3.83. The zero-order chi connectivity index (χ0) is 18.8. The largest absolute Gasteiger partial charge is 0.507 e. The second-order valence-corrected chi connectivity index (χ2v) is 5.75. The molecule has 0 spiro atoms. The Bertz CT molecular complexity index is 704. The van der Waals surface area contributed by atoms with Gasteiger partial charge in [0.15, 0.2) is 12.9 Å². The number of benzene rings is 1.